The lowest BCUT2D eigenvalue weighted by Gasteiger charge is -2.37. The first-order chi connectivity index (χ1) is 14.2. The molecule has 0 fully saturated rings. The smallest absolute Gasteiger partial charge is 0.416 e. The fraction of sp³-hybridized carbons (Fsp3) is 0.200. The van der Waals surface area contributed by atoms with Gasteiger partial charge < -0.3 is 14.8 Å². The van der Waals surface area contributed by atoms with Crippen LogP contribution in [-0.2, 0) is 15.7 Å². The lowest BCUT2D eigenvalue weighted by atomic mass is 9.96. The van der Waals surface area contributed by atoms with E-state index < -0.39 is 42.0 Å². The van der Waals surface area contributed by atoms with E-state index in [1.807, 2.05) is 0 Å². The zero-order valence-electron chi connectivity index (χ0n) is 15.6. The molecule has 0 aromatic heterocycles. The minimum atomic E-state index is -4.70. The summed E-state index contributed by atoms with van der Waals surface area (Å²) in [5.41, 5.74) is -1.28. The average Bonchev–Trinajstić information content (AvgIpc) is 2.69. The third-order valence-corrected chi connectivity index (χ3v) is 4.51. The van der Waals surface area contributed by atoms with Gasteiger partial charge in [0.15, 0.2) is 0 Å². The van der Waals surface area contributed by atoms with Crippen LogP contribution in [0.5, 0.6) is 5.75 Å². The van der Waals surface area contributed by atoms with E-state index in [1.54, 1.807) is 0 Å². The minimum absolute atomic E-state index is 0.108. The van der Waals surface area contributed by atoms with Crippen molar-refractivity contribution in [3.63, 3.8) is 0 Å². The van der Waals surface area contributed by atoms with Crippen molar-refractivity contribution in [1.82, 2.24) is 0 Å². The molecule has 1 atom stereocenters. The normalized spacial score (nSPS) is 15.8. The third kappa shape index (κ3) is 3.93. The number of anilines is 2. The molecule has 0 bridgehead atoms. The molecule has 10 heteroatoms. The molecule has 0 saturated carbocycles. The van der Waals surface area contributed by atoms with Crippen LogP contribution in [0, 0.1) is 5.82 Å². The number of rotatable bonds is 5. The van der Waals surface area contributed by atoms with E-state index in [-0.39, 0.29) is 22.7 Å². The number of halogens is 4. The number of nitrogens with one attached hydrogen (secondary N) is 1. The molecule has 6 nitrogen and oxygen atoms in total. The number of ether oxygens (including phenoxy) is 2. The zero-order valence-corrected chi connectivity index (χ0v) is 15.6. The minimum Gasteiger partial charge on any atom is -0.469 e. The molecular formula is C20H16F4N2O4. The first-order valence-electron chi connectivity index (χ1n) is 8.61. The molecule has 1 aliphatic rings. The second kappa shape index (κ2) is 8.05. The van der Waals surface area contributed by atoms with E-state index in [2.05, 4.69) is 16.6 Å². The van der Waals surface area contributed by atoms with Crippen molar-refractivity contribution in [2.45, 2.75) is 18.6 Å². The maximum absolute atomic E-state index is 14.3. The predicted octanol–water partition coefficient (Wildman–Crippen LogP) is 5.02. The van der Waals surface area contributed by atoms with Crippen LogP contribution in [0.3, 0.4) is 0 Å². The Morgan fingerprint density at radius 1 is 1.30 bits per heavy atom. The van der Waals surface area contributed by atoms with Gasteiger partial charge in [0.05, 0.1) is 42.8 Å². The molecular weight excluding hydrogens is 408 g/mol. The van der Waals surface area contributed by atoms with E-state index in [4.69, 9.17) is 4.74 Å². The molecule has 0 spiro atoms. The van der Waals surface area contributed by atoms with Gasteiger partial charge in [-0.2, -0.15) is 13.2 Å². The molecule has 1 N–H and O–H groups in total. The average molecular weight is 424 g/mol. The van der Waals surface area contributed by atoms with Gasteiger partial charge in [-0.1, -0.05) is 18.7 Å². The molecule has 1 aliphatic heterocycles. The van der Waals surface area contributed by atoms with Crippen LogP contribution in [0.2, 0.25) is 0 Å². The molecule has 2 aromatic carbocycles. The Kier molecular flexibility index (Phi) is 5.68. The summed E-state index contributed by atoms with van der Waals surface area (Å²) >= 11 is 0. The van der Waals surface area contributed by atoms with Gasteiger partial charge in [0.2, 0.25) is 0 Å². The summed E-state index contributed by atoms with van der Waals surface area (Å²) < 4.78 is 64.0. The highest BCUT2D eigenvalue weighted by atomic mass is 19.4. The number of para-hydroxylation sites is 1. The molecule has 1 unspecified atom stereocenters. The Morgan fingerprint density at radius 2 is 2.03 bits per heavy atom. The van der Waals surface area contributed by atoms with Gasteiger partial charge >= 0.3 is 18.2 Å². The second-order valence-corrected chi connectivity index (χ2v) is 6.27. The number of methoxy groups -OCH3 is 1. The monoisotopic (exact) mass is 424 g/mol. The van der Waals surface area contributed by atoms with Crippen LogP contribution in [0.1, 0.15) is 23.6 Å². The lowest BCUT2D eigenvalue weighted by molar-refractivity contribution is -0.141. The molecule has 1 heterocycles. The number of carbonyl (C=O) groups excluding carboxylic acids is 2. The van der Waals surface area contributed by atoms with Crippen LogP contribution < -0.4 is 15.0 Å². The van der Waals surface area contributed by atoms with Crippen LogP contribution in [-0.4, -0.2) is 19.1 Å². The SMILES string of the molecule is C=COc1ccc(C(F)(F)F)cc1N1C(=O)Nc2c(F)cccc2C1CC(=O)OC. The number of carbonyl (C=O) groups is 2. The van der Waals surface area contributed by atoms with Crippen molar-refractivity contribution in [3.8, 4) is 5.75 Å². The summed E-state index contributed by atoms with van der Waals surface area (Å²) in [6.07, 6.45) is -4.14. The fourth-order valence-corrected chi connectivity index (χ4v) is 3.19. The Morgan fingerprint density at radius 3 is 2.67 bits per heavy atom. The number of nitrogens with zero attached hydrogens (tertiary/aromatic N) is 1. The fourth-order valence-electron chi connectivity index (χ4n) is 3.19. The zero-order chi connectivity index (χ0) is 22.1. The van der Waals surface area contributed by atoms with Gasteiger partial charge in [0.25, 0.3) is 0 Å². The van der Waals surface area contributed by atoms with Crippen molar-refractivity contribution in [1.29, 1.82) is 0 Å². The van der Waals surface area contributed by atoms with Crippen molar-refractivity contribution < 1.29 is 36.6 Å². The molecule has 2 amide bonds. The molecule has 158 valence electrons. The van der Waals surface area contributed by atoms with Crippen molar-refractivity contribution in [2.24, 2.45) is 0 Å². The Bertz CT molecular complexity index is 1010. The van der Waals surface area contributed by atoms with Crippen LogP contribution in [0.15, 0.2) is 49.2 Å². The predicted molar refractivity (Wildman–Crippen MR) is 99.5 cm³/mol. The Labute approximate surface area is 168 Å². The molecule has 0 aliphatic carbocycles. The van der Waals surface area contributed by atoms with E-state index in [1.165, 1.54) is 12.1 Å². The number of amides is 2. The Hall–Kier alpha value is -3.56. The molecule has 2 aromatic rings. The quantitative estimate of drug-likeness (QED) is 0.416. The summed E-state index contributed by atoms with van der Waals surface area (Å²) in [4.78, 5) is 25.7. The van der Waals surface area contributed by atoms with E-state index in [0.29, 0.717) is 6.07 Å². The van der Waals surface area contributed by atoms with E-state index in [0.717, 1.165) is 36.5 Å². The highest BCUT2D eigenvalue weighted by molar-refractivity contribution is 6.06. The molecule has 3 rings (SSSR count). The Balaban J connectivity index is 2.22. The maximum atomic E-state index is 14.3. The number of esters is 1. The number of urea groups is 1. The summed E-state index contributed by atoms with van der Waals surface area (Å²) in [5, 5.41) is 2.32. The van der Waals surface area contributed by atoms with Gasteiger partial charge in [-0.3, -0.25) is 9.69 Å². The number of alkyl halides is 3. The van der Waals surface area contributed by atoms with Crippen molar-refractivity contribution in [2.75, 3.05) is 17.3 Å². The standard InChI is InChI=1S/C20H16F4N2O4/c1-3-30-16-8-7-11(20(22,23)24)9-15(16)26-14(10-17(27)29-2)12-5-4-6-13(21)18(12)25-19(26)28/h3-9,14H,1,10H2,2H3,(H,25,28). The topological polar surface area (TPSA) is 67.9 Å². The highest BCUT2D eigenvalue weighted by Gasteiger charge is 2.39. The number of fused-ring (bicyclic) bond motifs is 1. The van der Waals surface area contributed by atoms with Crippen molar-refractivity contribution in [3.05, 3.63) is 66.2 Å². The van der Waals surface area contributed by atoms with Crippen LogP contribution in [0.4, 0.5) is 33.7 Å². The third-order valence-electron chi connectivity index (χ3n) is 4.51. The molecule has 0 radical (unpaired) electrons. The summed E-state index contributed by atoms with van der Waals surface area (Å²) in [6.45, 7) is 3.37. The van der Waals surface area contributed by atoms with Gasteiger partial charge in [-0.05, 0) is 24.3 Å². The first-order valence-corrected chi connectivity index (χ1v) is 8.61. The van der Waals surface area contributed by atoms with Crippen LogP contribution in [0.25, 0.3) is 0 Å². The molecule has 0 saturated heterocycles. The summed E-state index contributed by atoms with van der Waals surface area (Å²) in [7, 11) is 1.12. The number of benzene rings is 2. The molecule has 30 heavy (non-hydrogen) atoms. The highest BCUT2D eigenvalue weighted by Crippen LogP contribution is 2.44. The van der Waals surface area contributed by atoms with E-state index >= 15 is 0 Å². The van der Waals surface area contributed by atoms with E-state index in [9.17, 15) is 27.2 Å². The summed E-state index contributed by atoms with van der Waals surface area (Å²) in [5.74, 6) is -1.60. The van der Waals surface area contributed by atoms with Crippen LogP contribution >= 0.6 is 0 Å². The summed E-state index contributed by atoms with van der Waals surface area (Å²) in [6, 6.07) is 4.38. The first kappa shape index (κ1) is 21.2. The second-order valence-electron chi connectivity index (χ2n) is 6.27. The largest absolute Gasteiger partial charge is 0.469 e. The lowest BCUT2D eigenvalue weighted by Crippen LogP contribution is -2.44. The number of hydrogen-bond donors (Lipinski definition) is 1. The maximum Gasteiger partial charge on any atom is 0.416 e. The number of hydrogen-bond acceptors (Lipinski definition) is 4. The van der Waals surface area contributed by atoms with Gasteiger partial charge in [0, 0.05) is 5.56 Å². The van der Waals surface area contributed by atoms with Gasteiger partial charge in [0.1, 0.15) is 11.6 Å². The van der Waals surface area contributed by atoms with Crippen molar-refractivity contribution >= 4 is 23.4 Å². The van der Waals surface area contributed by atoms with Gasteiger partial charge in [-0.25, -0.2) is 9.18 Å². The van der Waals surface area contributed by atoms with Gasteiger partial charge in [-0.15, -0.1) is 0 Å².